The fraction of sp³-hybridized carbons (Fsp3) is 0.250. The molecule has 0 spiro atoms. The van der Waals surface area contributed by atoms with Crippen LogP contribution < -0.4 is 9.80 Å². The van der Waals surface area contributed by atoms with Crippen molar-refractivity contribution in [1.82, 2.24) is 0 Å². The number of carbonyl (C=O) groups excluding carboxylic acids is 2. The first-order valence-electron chi connectivity index (χ1n) is 7.15. The molecule has 1 heterocycles. The van der Waals surface area contributed by atoms with Crippen LogP contribution in [0, 0.1) is 10.1 Å². The lowest BCUT2D eigenvalue weighted by Crippen LogP contribution is -2.58. The summed E-state index contributed by atoms with van der Waals surface area (Å²) in [5.41, 5.74) is 1.12. The van der Waals surface area contributed by atoms with Gasteiger partial charge in [-0.05, 0) is 12.1 Å². The lowest BCUT2D eigenvalue weighted by atomic mass is 9.93. The third-order valence-electron chi connectivity index (χ3n) is 4.04. The van der Waals surface area contributed by atoms with E-state index in [0.717, 1.165) is 0 Å². The van der Waals surface area contributed by atoms with E-state index in [9.17, 15) is 19.7 Å². The second kappa shape index (κ2) is 5.35. The average Bonchev–Trinajstić information content (AvgIpc) is 2.50. The van der Waals surface area contributed by atoms with E-state index < -0.39 is 17.0 Å². The molecule has 1 aromatic carbocycles. The number of nitro groups is 1. The van der Waals surface area contributed by atoms with Gasteiger partial charge in [-0.15, -0.1) is 0 Å². The minimum Gasteiger partial charge on any atom is -0.301 e. The Kier molecular flexibility index (Phi) is 3.48. The maximum atomic E-state index is 12.2. The van der Waals surface area contributed by atoms with Gasteiger partial charge in [0.05, 0.1) is 28.4 Å². The zero-order valence-electron chi connectivity index (χ0n) is 12.7. The van der Waals surface area contributed by atoms with Crippen LogP contribution in [0.5, 0.6) is 0 Å². The van der Waals surface area contributed by atoms with E-state index in [1.165, 1.54) is 30.9 Å². The number of fused-ring (bicyclic) bond motifs is 2. The van der Waals surface area contributed by atoms with E-state index in [-0.39, 0.29) is 17.5 Å². The molecule has 23 heavy (non-hydrogen) atoms. The van der Waals surface area contributed by atoms with Gasteiger partial charge in [-0.3, -0.25) is 19.7 Å². The van der Waals surface area contributed by atoms with Crippen LogP contribution in [-0.4, -0.2) is 28.8 Å². The molecule has 1 aliphatic heterocycles. The number of allylic oxidation sites excluding steroid dienone is 1. The van der Waals surface area contributed by atoms with Gasteiger partial charge in [-0.25, -0.2) is 0 Å². The quantitative estimate of drug-likeness (QED) is 0.585. The molecule has 7 nitrogen and oxygen atoms in total. The first-order chi connectivity index (χ1) is 10.9. The summed E-state index contributed by atoms with van der Waals surface area (Å²) in [4.78, 5) is 38.0. The molecule has 7 heteroatoms. The van der Waals surface area contributed by atoms with Crippen LogP contribution in [0.4, 0.5) is 11.4 Å². The van der Waals surface area contributed by atoms with Crippen LogP contribution in [0.25, 0.3) is 0 Å². The summed E-state index contributed by atoms with van der Waals surface area (Å²) in [6, 6.07) is 6.00. The van der Waals surface area contributed by atoms with Crippen LogP contribution in [0.1, 0.15) is 13.8 Å². The molecule has 1 aromatic rings. The summed E-state index contributed by atoms with van der Waals surface area (Å²) in [6.07, 6.45) is 4.41. The predicted molar refractivity (Wildman–Crippen MR) is 84.6 cm³/mol. The van der Waals surface area contributed by atoms with Gasteiger partial charge in [0.1, 0.15) is 0 Å². The van der Waals surface area contributed by atoms with E-state index >= 15 is 0 Å². The van der Waals surface area contributed by atoms with E-state index in [2.05, 4.69) is 0 Å². The van der Waals surface area contributed by atoms with Crippen LogP contribution in [-0.2, 0) is 9.59 Å². The second-order valence-electron chi connectivity index (χ2n) is 5.46. The van der Waals surface area contributed by atoms with Crippen LogP contribution in [0.2, 0.25) is 0 Å². The summed E-state index contributed by atoms with van der Waals surface area (Å²) in [7, 11) is 0. The zero-order chi connectivity index (χ0) is 16.7. The number of para-hydroxylation sites is 2. The molecule has 1 aliphatic carbocycles. The normalized spacial score (nSPS) is 22.1. The molecular weight excluding hydrogens is 298 g/mol. The molecule has 0 fully saturated rings. The van der Waals surface area contributed by atoms with Gasteiger partial charge >= 0.3 is 0 Å². The third-order valence-corrected chi connectivity index (χ3v) is 4.04. The maximum Gasteiger partial charge on any atom is 0.267 e. The van der Waals surface area contributed by atoms with Gasteiger partial charge in [0.15, 0.2) is 0 Å². The standard InChI is InChI=1S/C16H15N3O4/c1-10(20)17-13-5-3-4-6-14(13)18(11(2)21)16-9-12(19(22)23)7-8-15(16)17/h3-9,15-16H,1-2H3. The van der Waals surface area contributed by atoms with Gasteiger partial charge in [0.25, 0.3) is 5.70 Å². The number of nitrogens with zero attached hydrogens (tertiary/aromatic N) is 3. The molecule has 118 valence electrons. The molecule has 0 aromatic heterocycles. The molecule has 2 aliphatic rings. The number of rotatable bonds is 1. The molecule has 0 saturated carbocycles. The summed E-state index contributed by atoms with van der Waals surface area (Å²) in [6.45, 7) is 2.85. The van der Waals surface area contributed by atoms with Gasteiger partial charge in [0, 0.05) is 26.0 Å². The summed E-state index contributed by atoms with van der Waals surface area (Å²) < 4.78 is 0. The Balaban J connectivity index is 2.22. The van der Waals surface area contributed by atoms with Crippen LogP contribution in [0.15, 0.2) is 48.2 Å². The Morgan fingerprint density at radius 1 is 1.04 bits per heavy atom. The van der Waals surface area contributed by atoms with Crippen molar-refractivity contribution in [1.29, 1.82) is 0 Å². The zero-order valence-corrected chi connectivity index (χ0v) is 12.7. The molecule has 2 atom stereocenters. The van der Waals surface area contributed by atoms with E-state index in [1.54, 1.807) is 35.2 Å². The maximum absolute atomic E-state index is 12.2. The largest absolute Gasteiger partial charge is 0.301 e. The predicted octanol–water partition coefficient (Wildman–Crippen LogP) is 1.87. The highest BCUT2D eigenvalue weighted by Gasteiger charge is 2.42. The minimum absolute atomic E-state index is 0.0830. The fourth-order valence-electron chi connectivity index (χ4n) is 3.18. The first kappa shape index (κ1) is 15.0. The van der Waals surface area contributed by atoms with Gasteiger partial charge in [-0.2, -0.15) is 0 Å². The summed E-state index contributed by atoms with van der Waals surface area (Å²) in [5, 5.41) is 11.1. The second-order valence-corrected chi connectivity index (χ2v) is 5.46. The van der Waals surface area contributed by atoms with Crippen molar-refractivity contribution in [2.75, 3.05) is 9.80 Å². The van der Waals surface area contributed by atoms with Crippen molar-refractivity contribution in [3.05, 3.63) is 58.3 Å². The van der Waals surface area contributed by atoms with Gasteiger partial charge in [-0.1, -0.05) is 18.2 Å². The smallest absolute Gasteiger partial charge is 0.267 e. The first-order valence-corrected chi connectivity index (χ1v) is 7.15. The van der Waals surface area contributed by atoms with Crippen LogP contribution in [0.3, 0.4) is 0 Å². The number of amides is 2. The van der Waals surface area contributed by atoms with Crippen molar-refractivity contribution in [3.63, 3.8) is 0 Å². The monoisotopic (exact) mass is 313 g/mol. The lowest BCUT2D eigenvalue weighted by molar-refractivity contribution is -0.419. The van der Waals surface area contributed by atoms with E-state index in [4.69, 9.17) is 0 Å². The number of hydrogen-bond donors (Lipinski definition) is 0. The molecular formula is C16H15N3O4. The molecule has 0 saturated heterocycles. The summed E-state index contributed by atoms with van der Waals surface area (Å²) >= 11 is 0. The van der Waals surface area contributed by atoms with Crippen molar-refractivity contribution in [3.8, 4) is 0 Å². The number of benzene rings is 1. The number of carbonyl (C=O) groups is 2. The Bertz CT molecular complexity index is 768. The van der Waals surface area contributed by atoms with Crippen molar-refractivity contribution >= 4 is 23.2 Å². The topological polar surface area (TPSA) is 83.8 Å². The third kappa shape index (κ3) is 2.30. The molecule has 2 unspecified atom stereocenters. The van der Waals surface area contributed by atoms with Gasteiger partial charge < -0.3 is 9.80 Å². The highest BCUT2D eigenvalue weighted by atomic mass is 16.6. The molecule has 2 amide bonds. The number of anilines is 2. The lowest BCUT2D eigenvalue weighted by Gasteiger charge is -2.46. The SMILES string of the molecule is CC(=O)N1c2ccccc2N(C(C)=O)C2C=C([N+](=O)[O-])C=CC21. The fourth-order valence-corrected chi connectivity index (χ4v) is 3.18. The average molecular weight is 313 g/mol. The highest BCUT2D eigenvalue weighted by molar-refractivity contribution is 6.04. The van der Waals surface area contributed by atoms with Gasteiger partial charge in [0.2, 0.25) is 11.8 Å². The molecule has 3 rings (SSSR count). The Morgan fingerprint density at radius 3 is 2.04 bits per heavy atom. The highest BCUT2D eigenvalue weighted by Crippen LogP contribution is 2.40. The Morgan fingerprint density at radius 2 is 1.57 bits per heavy atom. The van der Waals surface area contributed by atoms with Crippen molar-refractivity contribution < 1.29 is 14.5 Å². The van der Waals surface area contributed by atoms with E-state index in [0.29, 0.717) is 11.4 Å². The van der Waals surface area contributed by atoms with E-state index in [1.807, 2.05) is 0 Å². The molecule has 0 radical (unpaired) electrons. The van der Waals surface area contributed by atoms with Crippen molar-refractivity contribution in [2.45, 2.75) is 25.9 Å². The number of hydrogen-bond acceptors (Lipinski definition) is 4. The molecule has 0 bridgehead atoms. The van der Waals surface area contributed by atoms with Crippen molar-refractivity contribution in [2.24, 2.45) is 0 Å². The summed E-state index contributed by atoms with van der Waals surface area (Å²) in [5.74, 6) is -0.414. The van der Waals surface area contributed by atoms with Crippen LogP contribution >= 0.6 is 0 Å². The minimum atomic E-state index is -0.600. The Hall–Kier alpha value is -2.96. The molecule has 0 N–H and O–H groups in total. The Labute approximate surface area is 132 Å².